The van der Waals surface area contributed by atoms with E-state index in [4.69, 9.17) is 0 Å². The molecule has 7 nitrogen and oxygen atoms in total. The van der Waals surface area contributed by atoms with Crippen LogP contribution in [-0.4, -0.2) is 28.9 Å². The molecule has 1 aliphatic heterocycles. The lowest BCUT2D eigenvalue weighted by atomic mass is 9.98. The van der Waals surface area contributed by atoms with E-state index in [2.05, 4.69) is 17.2 Å². The van der Waals surface area contributed by atoms with Gasteiger partial charge in [-0.3, -0.25) is 19.9 Å². The topological polar surface area (TPSA) is 88.4 Å². The van der Waals surface area contributed by atoms with Crippen molar-refractivity contribution in [2.45, 2.75) is 26.3 Å². The highest BCUT2D eigenvalue weighted by molar-refractivity contribution is 5.95. The fraction of sp³-hybridized carbons (Fsp3) is 0.368. The van der Waals surface area contributed by atoms with Gasteiger partial charge in [-0.25, -0.2) is 0 Å². The quantitative estimate of drug-likeness (QED) is 0.658. The molecule has 0 bridgehead atoms. The molecule has 2 aromatic rings. The van der Waals surface area contributed by atoms with Crippen LogP contribution in [0.3, 0.4) is 0 Å². The predicted molar refractivity (Wildman–Crippen MR) is 99.1 cm³/mol. The van der Waals surface area contributed by atoms with Crippen LogP contribution in [0.5, 0.6) is 0 Å². The van der Waals surface area contributed by atoms with E-state index in [0.717, 1.165) is 31.6 Å². The Labute approximate surface area is 152 Å². The predicted octanol–water partition coefficient (Wildman–Crippen LogP) is 3.16. The molecule has 2 heterocycles. The maximum Gasteiger partial charge on any atom is 0.293 e. The minimum absolute atomic E-state index is 0.0231. The van der Waals surface area contributed by atoms with Crippen molar-refractivity contribution in [2.24, 2.45) is 5.92 Å². The molecule has 0 aliphatic carbocycles. The number of nitro groups is 1. The van der Waals surface area contributed by atoms with Gasteiger partial charge in [0.15, 0.2) is 0 Å². The largest absolute Gasteiger partial charge is 0.366 e. The summed E-state index contributed by atoms with van der Waals surface area (Å²) < 4.78 is 0. The van der Waals surface area contributed by atoms with Crippen LogP contribution in [0.4, 0.5) is 11.4 Å². The first-order valence-corrected chi connectivity index (χ1v) is 8.76. The summed E-state index contributed by atoms with van der Waals surface area (Å²) in [6, 6.07) is 10.1. The van der Waals surface area contributed by atoms with Crippen molar-refractivity contribution in [2.75, 3.05) is 18.0 Å². The summed E-state index contributed by atoms with van der Waals surface area (Å²) in [5.74, 6) is 0.291. The number of nitrogens with zero attached hydrogens (tertiary/aromatic N) is 3. The Bertz CT molecular complexity index is 787. The molecule has 1 aliphatic rings. The summed E-state index contributed by atoms with van der Waals surface area (Å²) in [4.78, 5) is 29.6. The fourth-order valence-electron chi connectivity index (χ4n) is 3.10. The molecule has 1 N–H and O–H groups in total. The third kappa shape index (κ3) is 4.17. The second kappa shape index (κ2) is 7.95. The first-order chi connectivity index (χ1) is 12.5. The van der Waals surface area contributed by atoms with Gasteiger partial charge >= 0.3 is 0 Å². The Balaban J connectivity index is 1.75. The van der Waals surface area contributed by atoms with E-state index in [9.17, 15) is 14.9 Å². The second-order valence-electron chi connectivity index (χ2n) is 6.63. The third-order valence-electron chi connectivity index (χ3n) is 4.71. The Morgan fingerprint density at radius 1 is 1.31 bits per heavy atom. The Morgan fingerprint density at radius 2 is 2.08 bits per heavy atom. The number of aromatic nitrogens is 1. The fourth-order valence-corrected chi connectivity index (χ4v) is 3.10. The third-order valence-corrected chi connectivity index (χ3v) is 4.71. The molecule has 1 aromatic carbocycles. The number of pyridine rings is 1. The lowest BCUT2D eigenvalue weighted by Crippen LogP contribution is -2.33. The van der Waals surface area contributed by atoms with Crippen LogP contribution < -0.4 is 10.2 Å². The van der Waals surface area contributed by atoms with Crippen LogP contribution in [0.2, 0.25) is 0 Å². The van der Waals surface area contributed by atoms with E-state index in [0.29, 0.717) is 11.6 Å². The number of nitro benzene ring substituents is 1. The highest BCUT2D eigenvalue weighted by Crippen LogP contribution is 2.32. The van der Waals surface area contributed by atoms with Crippen molar-refractivity contribution in [3.8, 4) is 0 Å². The van der Waals surface area contributed by atoms with E-state index < -0.39 is 4.92 Å². The highest BCUT2D eigenvalue weighted by Gasteiger charge is 2.24. The van der Waals surface area contributed by atoms with Gasteiger partial charge in [0.25, 0.3) is 11.6 Å². The average Bonchev–Trinajstić information content (AvgIpc) is 2.67. The van der Waals surface area contributed by atoms with E-state index in [-0.39, 0.29) is 23.7 Å². The zero-order chi connectivity index (χ0) is 18.5. The second-order valence-corrected chi connectivity index (χ2v) is 6.63. The SMILES string of the molecule is CC1CCN(c2ccc(C(=O)NCc3ccccn3)cc2[N+](=O)[O-])CC1. The number of piperidine rings is 1. The summed E-state index contributed by atoms with van der Waals surface area (Å²) in [7, 11) is 0. The molecule has 136 valence electrons. The standard InChI is InChI=1S/C19H22N4O3/c1-14-7-10-22(11-8-14)17-6-5-15(12-18(17)23(25)26)19(24)21-13-16-4-2-3-9-20-16/h2-6,9,12,14H,7-8,10-11,13H2,1H3,(H,21,24). The molecule has 1 saturated heterocycles. The molecule has 3 rings (SSSR count). The van der Waals surface area contributed by atoms with Crippen LogP contribution in [0.25, 0.3) is 0 Å². The van der Waals surface area contributed by atoms with Gasteiger partial charge in [0.1, 0.15) is 5.69 Å². The Kier molecular flexibility index (Phi) is 5.46. The van der Waals surface area contributed by atoms with Gasteiger partial charge in [0.05, 0.1) is 17.2 Å². The summed E-state index contributed by atoms with van der Waals surface area (Å²) in [6.07, 6.45) is 3.69. The number of anilines is 1. The van der Waals surface area contributed by atoms with E-state index in [1.165, 1.54) is 6.07 Å². The average molecular weight is 354 g/mol. The first-order valence-electron chi connectivity index (χ1n) is 8.76. The van der Waals surface area contributed by atoms with Gasteiger partial charge < -0.3 is 10.2 Å². The van der Waals surface area contributed by atoms with Crippen molar-refractivity contribution in [3.63, 3.8) is 0 Å². The number of benzene rings is 1. The minimum atomic E-state index is -0.414. The van der Waals surface area contributed by atoms with Gasteiger partial charge in [-0.2, -0.15) is 0 Å². The van der Waals surface area contributed by atoms with Crippen LogP contribution in [-0.2, 0) is 6.54 Å². The van der Waals surface area contributed by atoms with E-state index in [1.54, 1.807) is 24.4 Å². The maximum atomic E-state index is 12.3. The number of carbonyl (C=O) groups excluding carboxylic acids is 1. The molecule has 0 spiro atoms. The monoisotopic (exact) mass is 354 g/mol. The van der Waals surface area contributed by atoms with Crippen molar-refractivity contribution in [1.82, 2.24) is 10.3 Å². The van der Waals surface area contributed by atoms with Crippen molar-refractivity contribution >= 4 is 17.3 Å². The summed E-state index contributed by atoms with van der Waals surface area (Å²) in [5, 5.41) is 14.3. The highest BCUT2D eigenvalue weighted by atomic mass is 16.6. The molecule has 0 atom stereocenters. The molecular weight excluding hydrogens is 332 g/mol. The summed E-state index contributed by atoms with van der Waals surface area (Å²) in [5.41, 5.74) is 1.57. The first kappa shape index (κ1) is 17.8. The lowest BCUT2D eigenvalue weighted by Gasteiger charge is -2.31. The zero-order valence-electron chi connectivity index (χ0n) is 14.7. The van der Waals surface area contributed by atoms with Crippen molar-refractivity contribution in [1.29, 1.82) is 0 Å². The maximum absolute atomic E-state index is 12.3. The van der Waals surface area contributed by atoms with Gasteiger partial charge in [-0.05, 0) is 43.0 Å². The van der Waals surface area contributed by atoms with Gasteiger partial charge in [-0.15, -0.1) is 0 Å². The smallest absolute Gasteiger partial charge is 0.293 e. The molecule has 0 radical (unpaired) electrons. The molecule has 0 saturated carbocycles. The molecule has 7 heteroatoms. The van der Waals surface area contributed by atoms with Gasteiger partial charge in [0.2, 0.25) is 0 Å². The summed E-state index contributed by atoms with van der Waals surface area (Å²) >= 11 is 0. The molecule has 1 fully saturated rings. The summed E-state index contributed by atoms with van der Waals surface area (Å²) in [6.45, 7) is 4.07. The van der Waals surface area contributed by atoms with Crippen LogP contribution >= 0.6 is 0 Å². The van der Waals surface area contributed by atoms with Crippen molar-refractivity contribution < 1.29 is 9.72 Å². The number of hydrogen-bond acceptors (Lipinski definition) is 5. The molecule has 1 amide bonds. The number of carbonyl (C=O) groups is 1. The Morgan fingerprint density at radius 3 is 2.73 bits per heavy atom. The van der Waals surface area contributed by atoms with Gasteiger partial charge in [-0.1, -0.05) is 13.0 Å². The van der Waals surface area contributed by atoms with Crippen LogP contribution in [0.15, 0.2) is 42.6 Å². The molecule has 26 heavy (non-hydrogen) atoms. The van der Waals surface area contributed by atoms with Gasteiger partial charge in [0, 0.05) is 30.9 Å². The van der Waals surface area contributed by atoms with E-state index >= 15 is 0 Å². The lowest BCUT2D eigenvalue weighted by molar-refractivity contribution is -0.384. The zero-order valence-corrected chi connectivity index (χ0v) is 14.7. The normalized spacial score (nSPS) is 14.9. The van der Waals surface area contributed by atoms with Crippen molar-refractivity contribution in [3.05, 3.63) is 64.0 Å². The minimum Gasteiger partial charge on any atom is -0.366 e. The number of hydrogen-bond donors (Lipinski definition) is 1. The molecular formula is C19H22N4O3. The van der Waals surface area contributed by atoms with Crippen LogP contribution in [0, 0.1) is 16.0 Å². The molecule has 0 unspecified atom stereocenters. The Hall–Kier alpha value is -2.96. The number of nitrogens with one attached hydrogen (secondary N) is 1. The van der Waals surface area contributed by atoms with E-state index in [1.807, 2.05) is 17.0 Å². The number of rotatable bonds is 5. The number of amides is 1. The molecule has 1 aromatic heterocycles. The van der Waals surface area contributed by atoms with Crippen LogP contribution in [0.1, 0.15) is 35.8 Å².